The first-order valence-corrected chi connectivity index (χ1v) is 7.38. The Morgan fingerprint density at radius 2 is 2.19 bits per heavy atom. The van der Waals surface area contributed by atoms with Crippen LogP contribution in [-0.4, -0.2) is 32.1 Å². The van der Waals surface area contributed by atoms with Crippen LogP contribution < -0.4 is 15.4 Å². The number of para-hydroxylation sites is 1. The molecule has 1 aromatic carbocycles. The van der Waals surface area contributed by atoms with E-state index in [2.05, 4.69) is 30.5 Å². The van der Waals surface area contributed by atoms with E-state index in [4.69, 9.17) is 4.74 Å². The molecule has 1 aliphatic heterocycles. The van der Waals surface area contributed by atoms with Gasteiger partial charge < -0.3 is 15.4 Å². The van der Waals surface area contributed by atoms with Crippen molar-refractivity contribution in [1.82, 2.24) is 10.6 Å². The van der Waals surface area contributed by atoms with E-state index in [1.165, 1.54) is 5.56 Å². The summed E-state index contributed by atoms with van der Waals surface area (Å²) in [6, 6.07) is 8.07. The van der Waals surface area contributed by atoms with Gasteiger partial charge in [0, 0.05) is 6.54 Å². The summed E-state index contributed by atoms with van der Waals surface area (Å²) in [4.78, 5) is 11.8. The SMILES string of the molecule is CC(C)c1ccccc1OCCNC(=O)C1CCNC1.Cl. The maximum atomic E-state index is 11.8. The second kappa shape index (κ2) is 8.90. The van der Waals surface area contributed by atoms with Gasteiger partial charge in [0.15, 0.2) is 0 Å². The summed E-state index contributed by atoms with van der Waals surface area (Å²) >= 11 is 0. The third kappa shape index (κ3) is 5.21. The van der Waals surface area contributed by atoms with Crippen LogP contribution in [0.3, 0.4) is 0 Å². The Labute approximate surface area is 133 Å². The van der Waals surface area contributed by atoms with Gasteiger partial charge in [0.2, 0.25) is 5.91 Å². The van der Waals surface area contributed by atoms with Crippen LogP contribution in [0.15, 0.2) is 24.3 Å². The van der Waals surface area contributed by atoms with E-state index in [1.54, 1.807) is 0 Å². The Morgan fingerprint density at radius 1 is 1.43 bits per heavy atom. The summed E-state index contributed by atoms with van der Waals surface area (Å²) in [6.07, 6.45) is 0.933. The first kappa shape index (κ1) is 17.8. The molecule has 2 rings (SSSR count). The topological polar surface area (TPSA) is 50.4 Å². The quantitative estimate of drug-likeness (QED) is 0.793. The smallest absolute Gasteiger partial charge is 0.224 e. The summed E-state index contributed by atoms with van der Waals surface area (Å²) in [5, 5.41) is 6.14. The minimum Gasteiger partial charge on any atom is -0.491 e. The number of benzene rings is 1. The predicted octanol–water partition coefficient (Wildman–Crippen LogP) is 2.34. The molecule has 1 unspecified atom stereocenters. The van der Waals surface area contributed by atoms with Crippen LogP contribution in [0.25, 0.3) is 0 Å². The lowest BCUT2D eigenvalue weighted by Crippen LogP contribution is -2.34. The van der Waals surface area contributed by atoms with Crippen molar-refractivity contribution in [2.75, 3.05) is 26.2 Å². The van der Waals surface area contributed by atoms with Gasteiger partial charge in [-0.2, -0.15) is 0 Å². The van der Waals surface area contributed by atoms with Crippen molar-refractivity contribution in [3.8, 4) is 5.75 Å². The number of carbonyl (C=O) groups excluding carboxylic acids is 1. The van der Waals surface area contributed by atoms with E-state index < -0.39 is 0 Å². The molecule has 118 valence electrons. The molecule has 1 amide bonds. The third-order valence-electron chi connectivity index (χ3n) is 3.63. The van der Waals surface area contributed by atoms with Crippen molar-refractivity contribution in [3.63, 3.8) is 0 Å². The molecule has 1 fully saturated rings. The van der Waals surface area contributed by atoms with Gasteiger partial charge in [-0.1, -0.05) is 32.0 Å². The second-order valence-electron chi connectivity index (χ2n) is 5.52. The van der Waals surface area contributed by atoms with E-state index in [0.717, 1.165) is 25.3 Å². The first-order chi connectivity index (χ1) is 9.68. The van der Waals surface area contributed by atoms with Gasteiger partial charge in [0.05, 0.1) is 12.5 Å². The Bertz CT molecular complexity index is 446. The lowest BCUT2D eigenvalue weighted by Gasteiger charge is -2.14. The van der Waals surface area contributed by atoms with Crippen molar-refractivity contribution in [1.29, 1.82) is 0 Å². The van der Waals surface area contributed by atoms with Crippen LogP contribution in [0.4, 0.5) is 0 Å². The van der Waals surface area contributed by atoms with Crippen LogP contribution in [-0.2, 0) is 4.79 Å². The molecule has 5 heteroatoms. The summed E-state index contributed by atoms with van der Waals surface area (Å²) in [6.45, 7) is 7.10. The minimum absolute atomic E-state index is 0. The molecule has 1 heterocycles. The van der Waals surface area contributed by atoms with Gasteiger partial charge in [-0.25, -0.2) is 0 Å². The average molecular weight is 313 g/mol. The van der Waals surface area contributed by atoms with Crippen molar-refractivity contribution in [3.05, 3.63) is 29.8 Å². The molecule has 0 saturated carbocycles. The lowest BCUT2D eigenvalue weighted by atomic mass is 10.0. The van der Waals surface area contributed by atoms with E-state index in [1.807, 2.05) is 18.2 Å². The van der Waals surface area contributed by atoms with Gasteiger partial charge in [-0.05, 0) is 30.5 Å². The fraction of sp³-hybridized carbons (Fsp3) is 0.562. The number of amides is 1. The average Bonchev–Trinajstić information content (AvgIpc) is 2.98. The summed E-state index contributed by atoms with van der Waals surface area (Å²) in [5.41, 5.74) is 1.21. The summed E-state index contributed by atoms with van der Waals surface area (Å²) < 4.78 is 5.78. The molecule has 1 aliphatic rings. The Hall–Kier alpha value is -1.26. The number of hydrogen-bond donors (Lipinski definition) is 2. The normalized spacial score (nSPS) is 17.4. The van der Waals surface area contributed by atoms with Crippen molar-refractivity contribution in [2.24, 2.45) is 5.92 Å². The highest BCUT2D eigenvalue weighted by molar-refractivity contribution is 5.85. The number of nitrogens with one attached hydrogen (secondary N) is 2. The number of rotatable bonds is 6. The summed E-state index contributed by atoms with van der Waals surface area (Å²) in [5.74, 6) is 1.61. The van der Waals surface area contributed by atoms with Gasteiger partial charge in [0.1, 0.15) is 12.4 Å². The molecule has 1 aromatic rings. The minimum atomic E-state index is 0. The van der Waals surface area contributed by atoms with Crippen molar-refractivity contribution in [2.45, 2.75) is 26.2 Å². The third-order valence-corrected chi connectivity index (χ3v) is 3.63. The van der Waals surface area contributed by atoms with E-state index >= 15 is 0 Å². The number of hydrogen-bond acceptors (Lipinski definition) is 3. The van der Waals surface area contributed by atoms with Crippen LogP contribution in [0.2, 0.25) is 0 Å². The molecule has 21 heavy (non-hydrogen) atoms. The Balaban J connectivity index is 0.00000220. The first-order valence-electron chi connectivity index (χ1n) is 7.38. The molecule has 0 radical (unpaired) electrons. The monoisotopic (exact) mass is 312 g/mol. The van der Waals surface area contributed by atoms with Gasteiger partial charge >= 0.3 is 0 Å². The largest absolute Gasteiger partial charge is 0.491 e. The second-order valence-corrected chi connectivity index (χ2v) is 5.52. The number of carbonyl (C=O) groups is 1. The summed E-state index contributed by atoms with van der Waals surface area (Å²) in [7, 11) is 0. The highest BCUT2D eigenvalue weighted by Gasteiger charge is 2.21. The van der Waals surface area contributed by atoms with Crippen LogP contribution in [0.1, 0.15) is 31.7 Å². The van der Waals surface area contributed by atoms with Gasteiger partial charge in [-0.3, -0.25) is 4.79 Å². The highest BCUT2D eigenvalue weighted by atomic mass is 35.5. The van der Waals surface area contributed by atoms with E-state index in [0.29, 0.717) is 19.1 Å². The van der Waals surface area contributed by atoms with E-state index in [-0.39, 0.29) is 24.2 Å². The highest BCUT2D eigenvalue weighted by Crippen LogP contribution is 2.25. The van der Waals surface area contributed by atoms with E-state index in [9.17, 15) is 4.79 Å². The molecule has 2 N–H and O–H groups in total. The maximum absolute atomic E-state index is 11.8. The van der Waals surface area contributed by atoms with Crippen molar-refractivity contribution >= 4 is 18.3 Å². The van der Waals surface area contributed by atoms with Gasteiger partial charge in [0.25, 0.3) is 0 Å². The standard InChI is InChI=1S/C16H24N2O2.ClH/c1-12(2)14-5-3-4-6-15(14)20-10-9-18-16(19)13-7-8-17-11-13;/h3-6,12-13,17H,7-11H2,1-2H3,(H,18,19);1H. The molecule has 0 aromatic heterocycles. The predicted molar refractivity (Wildman–Crippen MR) is 87.3 cm³/mol. The molecule has 0 aliphatic carbocycles. The van der Waals surface area contributed by atoms with Gasteiger partial charge in [-0.15, -0.1) is 12.4 Å². The maximum Gasteiger partial charge on any atom is 0.224 e. The Kier molecular flexibility index (Phi) is 7.54. The number of ether oxygens (including phenoxy) is 1. The van der Waals surface area contributed by atoms with Crippen LogP contribution >= 0.6 is 12.4 Å². The Morgan fingerprint density at radius 3 is 2.86 bits per heavy atom. The van der Waals surface area contributed by atoms with Crippen LogP contribution in [0, 0.1) is 5.92 Å². The zero-order valence-electron chi connectivity index (χ0n) is 12.7. The molecule has 1 saturated heterocycles. The number of halogens is 1. The molecule has 0 spiro atoms. The molecular weight excluding hydrogens is 288 g/mol. The zero-order chi connectivity index (χ0) is 14.4. The lowest BCUT2D eigenvalue weighted by molar-refractivity contribution is -0.124. The fourth-order valence-corrected chi connectivity index (χ4v) is 2.45. The molecule has 1 atom stereocenters. The fourth-order valence-electron chi connectivity index (χ4n) is 2.45. The molecule has 4 nitrogen and oxygen atoms in total. The van der Waals surface area contributed by atoms with Crippen molar-refractivity contribution < 1.29 is 9.53 Å². The zero-order valence-corrected chi connectivity index (χ0v) is 13.5. The van der Waals surface area contributed by atoms with Crippen LogP contribution in [0.5, 0.6) is 5.75 Å². The molecule has 0 bridgehead atoms. The molecular formula is C16H25ClN2O2.